The average molecular weight is 427 g/mol. The van der Waals surface area contributed by atoms with E-state index in [4.69, 9.17) is 16.3 Å². The second-order valence-electron chi connectivity index (χ2n) is 6.56. The SMILES string of the molecule is CCOC(=O)Cn1c(C)c(/C=N\NC(=O)CNc2ccc(Cl)cc2)c2ccccc21. The maximum Gasteiger partial charge on any atom is 0.325 e. The topological polar surface area (TPSA) is 84.7 Å². The van der Waals surface area contributed by atoms with E-state index in [0.29, 0.717) is 11.6 Å². The fourth-order valence-electron chi connectivity index (χ4n) is 3.12. The zero-order valence-electron chi connectivity index (χ0n) is 16.8. The van der Waals surface area contributed by atoms with E-state index in [0.717, 1.165) is 27.8 Å². The van der Waals surface area contributed by atoms with Gasteiger partial charge in [0.25, 0.3) is 5.91 Å². The van der Waals surface area contributed by atoms with Gasteiger partial charge in [0.05, 0.1) is 19.4 Å². The summed E-state index contributed by atoms with van der Waals surface area (Å²) in [5.41, 5.74) is 5.90. The molecule has 0 aliphatic heterocycles. The predicted octanol–water partition coefficient (Wildman–Crippen LogP) is 3.73. The van der Waals surface area contributed by atoms with Crippen LogP contribution in [0.15, 0.2) is 53.6 Å². The molecule has 0 atom stereocenters. The number of amides is 1. The maximum absolute atomic E-state index is 12.1. The molecule has 2 aromatic carbocycles. The summed E-state index contributed by atoms with van der Waals surface area (Å²) in [6, 6.07) is 14.8. The number of carbonyl (C=O) groups is 2. The molecule has 0 saturated carbocycles. The lowest BCUT2D eigenvalue weighted by Crippen LogP contribution is -2.25. The number of fused-ring (bicyclic) bond motifs is 1. The maximum atomic E-state index is 12.1. The molecule has 3 aromatic rings. The molecule has 0 radical (unpaired) electrons. The highest BCUT2D eigenvalue weighted by Crippen LogP contribution is 2.24. The van der Waals surface area contributed by atoms with E-state index in [1.54, 1.807) is 37.4 Å². The van der Waals surface area contributed by atoms with Gasteiger partial charge in [0.15, 0.2) is 0 Å². The highest BCUT2D eigenvalue weighted by atomic mass is 35.5. The van der Waals surface area contributed by atoms with Crippen LogP contribution < -0.4 is 10.7 Å². The monoisotopic (exact) mass is 426 g/mol. The van der Waals surface area contributed by atoms with Crippen LogP contribution in [0.1, 0.15) is 18.2 Å². The fraction of sp³-hybridized carbons (Fsp3) is 0.227. The molecule has 0 aliphatic rings. The largest absolute Gasteiger partial charge is 0.465 e. The number of esters is 1. The Balaban J connectivity index is 1.69. The summed E-state index contributed by atoms with van der Waals surface area (Å²) in [6.45, 7) is 4.21. The first-order chi connectivity index (χ1) is 14.5. The minimum absolute atomic E-state index is 0.0720. The molecular formula is C22H23ClN4O3. The van der Waals surface area contributed by atoms with Crippen LogP contribution in [-0.4, -0.2) is 35.8 Å². The molecule has 2 N–H and O–H groups in total. The van der Waals surface area contributed by atoms with Crippen LogP contribution in [0.2, 0.25) is 5.02 Å². The number of nitrogens with zero attached hydrogens (tertiary/aromatic N) is 2. The normalized spacial score (nSPS) is 11.0. The van der Waals surface area contributed by atoms with Gasteiger partial charge in [0.2, 0.25) is 0 Å². The molecule has 0 saturated heterocycles. The first-order valence-electron chi connectivity index (χ1n) is 9.54. The van der Waals surface area contributed by atoms with Gasteiger partial charge in [0.1, 0.15) is 6.54 Å². The number of para-hydroxylation sites is 1. The minimum Gasteiger partial charge on any atom is -0.465 e. The van der Waals surface area contributed by atoms with Gasteiger partial charge in [-0.25, -0.2) is 5.43 Å². The third-order valence-corrected chi connectivity index (χ3v) is 4.80. The number of hydrogen-bond acceptors (Lipinski definition) is 5. The van der Waals surface area contributed by atoms with Gasteiger partial charge >= 0.3 is 5.97 Å². The smallest absolute Gasteiger partial charge is 0.325 e. The zero-order chi connectivity index (χ0) is 21.5. The van der Waals surface area contributed by atoms with E-state index in [-0.39, 0.29) is 25.0 Å². The Bertz CT molecular complexity index is 1070. The Hall–Kier alpha value is -3.32. The number of aromatic nitrogens is 1. The van der Waals surface area contributed by atoms with Crippen LogP contribution in [0.25, 0.3) is 10.9 Å². The first-order valence-corrected chi connectivity index (χ1v) is 9.92. The summed E-state index contributed by atoms with van der Waals surface area (Å²) >= 11 is 5.85. The highest BCUT2D eigenvalue weighted by Gasteiger charge is 2.15. The Kier molecular flexibility index (Phi) is 7.08. The fourth-order valence-corrected chi connectivity index (χ4v) is 3.24. The van der Waals surface area contributed by atoms with Crippen LogP contribution in [0.3, 0.4) is 0 Å². The number of hydrogen-bond donors (Lipinski definition) is 2. The van der Waals surface area contributed by atoms with E-state index < -0.39 is 0 Å². The van der Waals surface area contributed by atoms with Crippen LogP contribution in [0.5, 0.6) is 0 Å². The Morgan fingerprint density at radius 1 is 1.17 bits per heavy atom. The van der Waals surface area contributed by atoms with Gasteiger partial charge in [-0.15, -0.1) is 0 Å². The van der Waals surface area contributed by atoms with Gasteiger partial charge < -0.3 is 14.6 Å². The van der Waals surface area contributed by atoms with E-state index in [9.17, 15) is 9.59 Å². The van der Waals surface area contributed by atoms with Crippen molar-refractivity contribution in [1.82, 2.24) is 9.99 Å². The van der Waals surface area contributed by atoms with Crippen molar-refractivity contribution in [1.29, 1.82) is 0 Å². The molecule has 8 heteroatoms. The molecule has 1 aromatic heterocycles. The van der Waals surface area contributed by atoms with Gasteiger partial charge in [-0.3, -0.25) is 9.59 Å². The van der Waals surface area contributed by atoms with Gasteiger partial charge in [-0.2, -0.15) is 5.10 Å². The third-order valence-electron chi connectivity index (χ3n) is 4.55. The van der Waals surface area contributed by atoms with Crippen molar-refractivity contribution in [3.05, 3.63) is 64.8 Å². The highest BCUT2D eigenvalue weighted by molar-refractivity contribution is 6.30. The summed E-state index contributed by atoms with van der Waals surface area (Å²) in [4.78, 5) is 24.0. The molecule has 7 nitrogen and oxygen atoms in total. The molecule has 0 aliphatic carbocycles. The number of ether oxygens (including phenoxy) is 1. The molecule has 0 bridgehead atoms. The number of rotatable bonds is 8. The Labute approximate surface area is 179 Å². The van der Waals surface area contributed by atoms with Crippen molar-refractivity contribution in [2.45, 2.75) is 20.4 Å². The minimum atomic E-state index is -0.300. The second-order valence-corrected chi connectivity index (χ2v) is 7.00. The van der Waals surface area contributed by atoms with Gasteiger partial charge in [-0.05, 0) is 44.2 Å². The predicted molar refractivity (Wildman–Crippen MR) is 119 cm³/mol. The van der Waals surface area contributed by atoms with Crippen molar-refractivity contribution in [3.8, 4) is 0 Å². The number of nitrogens with one attached hydrogen (secondary N) is 2. The molecule has 0 spiro atoms. The van der Waals surface area contributed by atoms with Gasteiger partial charge in [-0.1, -0.05) is 29.8 Å². The number of benzene rings is 2. The zero-order valence-corrected chi connectivity index (χ0v) is 17.6. The lowest BCUT2D eigenvalue weighted by Gasteiger charge is -2.07. The quantitative estimate of drug-likeness (QED) is 0.326. The molecule has 3 rings (SSSR count). The van der Waals surface area contributed by atoms with E-state index in [1.165, 1.54) is 0 Å². The van der Waals surface area contributed by atoms with Crippen molar-refractivity contribution < 1.29 is 14.3 Å². The average Bonchev–Trinajstić information content (AvgIpc) is 2.99. The lowest BCUT2D eigenvalue weighted by molar-refractivity contribution is -0.143. The van der Waals surface area contributed by atoms with Crippen molar-refractivity contribution in [2.24, 2.45) is 5.10 Å². The molecule has 0 unspecified atom stereocenters. The molecule has 1 heterocycles. The van der Waals surface area contributed by atoms with Crippen molar-refractivity contribution >= 4 is 46.3 Å². The summed E-state index contributed by atoms with van der Waals surface area (Å²) < 4.78 is 6.96. The molecule has 0 fully saturated rings. The van der Waals surface area contributed by atoms with Gasteiger partial charge in [0, 0.05) is 32.9 Å². The van der Waals surface area contributed by atoms with E-state index in [1.807, 2.05) is 35.8 Å². The number of halogens is 1. The summed E-state index contributed by atoms with van der Waals surface area (Å²) in [5, 5.41) is 8.66. The van der Waals surface area contributed by atoms with E-state index in [2.05, 4.69) is 15.8 Å². The molecular weight excluding hydrogens is 404 g/mol. The Morgan fingerprint density at radius 2 is 1.90 bits per heavy atom. The lowest BCUT2D eigenvalue weighted by atomic mass is 10.1. The van der Waals surface area contributed by atoms with Crippen molar-refractivity contribution in [3.63, 3.8) is 0 Å². The van der Waals surface area contributed by atoms with Crippen LogP contribution >= 0.6 is 11.6 Å². The summed E-state index contributed by atoms with van der Waals surface area (Å²) in [5.74, 6) is -0.583. The molecule has 30 heavy (non-hydrogen) atoms. The number of carbonyl (C=O) groups excluding carboxylic acids is 2. The molecule has 156 valence electrons. The third kappa shape index (κ3) is 5.18. The second kappa shape index (κ2) is 9.93. The summed E-state index contributed by atoms with van der Waals surface area (Å²) in [7, 11) is 0. The standard InChI is InChI=1S/C22H23ClN4O3/c1-3-30-22(29)14-27-15(2)19(18-6-4-5-7-20(18)27)12-25-26-21(28)13-24-17-10-8-16(23)9-11-17/h4-12,24H,3,13-14H2,1-2H3,(H,26,28)/b25-12-. The summed E-state index contributed by atoms with van der Waals surface area (Å²) in [6.07, 6.45) is 1.60. The number of anilines is 1. The van der Waals surface area contributed by atoms with Crippen LogP contribution in [0.4, 0.5) is 5.69 Å². The van der Waals surface area contributed by atoms with E-state index >= 15 is 0 Å². The van der Waals surface area contributed by atoms with Crippen molar-refractivity contribution in [2.75, 3.05) is 18.5 Å². The number of hydrazone groups is 1. The molecule has 1 amide bonds. The first kappa shape index (κ1) is 21.4. The Morgan fingerprint density at radius 3 is 2.63 bits per heavy atom. The van der Waals surface area contributed by atoms with Crippen LogP contribution in [-0.2, 0) is 20.9 Å². The van der Waals surface area contributed by atoms with Crippen LogP contribution in [0, 0.1) is 6.92 Å².